The summed E-state index contributed by atoms with van der Waals surface area (Å²) >= 11 is 0. The number of benzene rings is 2. The first-order valence-corrected chi connectivity index (χ1v) is 11.2. The smallest absolute Gasteiger partial charge is 0.201 e. The van der Waals surface area contributed by atoms with Crippen LogP contribution in [0.5, 0.6) is 11.5 Å². The molecule has 170 valence electrons. The normalized spacial score (nSPS) is 11.9. The van der Waals surface area contributed by atoms with Crippen LogP contribution in [0.25, 0.3) is 11.1 Å². The van der Waals surface area contributed by atoms with Crippen molar-refractivity contribution < 1.29 is 22.6 Å². The van der Waals surface area contributed by atoms with Crippen molar-refractivity contribution in [1.82, 2.24) is 0 Å². The summed E-state index contributed by atoms with van der Waals surface area (Å²) in [6.45, 7) is 8.41. The molecule has 2 nitrogen and oxygen atoms in total. The molecule has 2 aromatic carbocycles. The lowest BCUT2D eigenvalue weighted by Crippen LogP contribution is -2.03. The zero-order valence-corrected chi connectivity index (χ0v) is 18.6. The van der Waals surface area contributed by atoms with Gasteiger partial charge in [0.1, 0.15) is 11.6 Å². The molecule has 0 fully saturated rings. The molecule has 0 bridgehead atoms. The Morgan fingerprint density at radius 2 is 1.65 bits per heavy atom. The van der Waals surface area contributed by atoms with Crippen LogP contribution in [0.2, 0.25) is 0 Å². The number of unbranched alkanes of at least 4 members (excludes halogenated alkanes) is 2. The van der Waals surface area contributed by atoms with Crippen molar-refractivity contribution in [2.24, 2.45) is 5.92 Å². The number of hydrogen-bond donors (Lipinski definition) is 0. The molecule has 0 amide bonds. The summed E-state index contributed by atoms with van der Waals surface area (Å²) in [6, 6.07) is 6.83. The van der Waals surface area contributed by atoms with E-state index in [1.54, 1.807) is 13.0 Å². The maximum absolute atomic E-state index is 14.6. The standard InChI is InChI=1S/C26H33F3O2/c1-4-7-11-19(10-5-2)12-8-9-17-31-20-13-14-21(23(27)18-20)22-15-16-24(30-6-3)26(29)25(22)28/h5,13-16,18-19H,2,4,6-12,17H2,1,3H3. The third-order valence-electron chi connectivity index (χ3n) is 5.32. The summed E-state index contributed by atoms with van der Waals surface area (Å²) in [4.78, 5) is 0. The molecule has 0 aliphatic heterocycles. The van der Waals surface area contributed by atoms with Crippen molar-refractivity contribution >= 4 is 0 Å². The molecule has 0 aromatic heterocycles. The van der Waals surface area contributed by atoms with Gasteiger partial charge in [0.25, 0.3) is 0 Å². The highest BCUT2D eigenvalue weighted by Crippen LogP contribution is 2.33. The Kier molecular flexibility index (Phi) is 10.5. The lowest BCUT2D eigenvalue weighted by molar-refractivity contribution is 0.295. The fraction of sp³-hybridized carbons (Fsp3) is 0.462. The second kappa shape index (κ2) is 13.1. The summed E-state index contributed by atoms with van der Waals surface area (Å²) in [7, 11) is 0. The van der Waals surface area contributed by atoms with Gasteiger partial charge in [-0.25, -0.2) is 8.78 Å². The van der Waals surface area contributed by atoms with E-state index in [4.69, 9.17) is 9.47 Å². The van der Waals surface area contributed by atoms with Gasteiger partial charge in [-0.15, -0.1) is 6.58 Å². The van der Waals surface area contributed by atoms with Gasteiger partial charge >= 0.3 is 0 Å². The first-order chi connectivity index (χ1) is 15.0. The molecule has 0 spiro atoms. The average Bonchev–Trinajstić information content (AvgIpc) is 2.76. The fourth-order valence-corrected chi connectivity index (χ4v) is 3.64. The molecule has 0 aliphatic rings. The molecular formula is C26H33F3O2. The van der Waals surface area contributed by atoms with E-state index in [-0.39, 0.29) is 23.5 Å². The van der Waals surface area contributed by atoms with E-state index in [0.717, 1.165) is 25.7 Å². The minimum absolute atomic E-state index is 0.0185. The van der Waals surface area contributed by atoms with Gasteiger partial charge in [0.2, 0.25) is 5.82 Å². The van der Waals surface area contributed by atoms with E-state index in [1.165, 1.54) is 43.5 Å². The molecule has 0 saturated heterocycles. The maximum atomic E-state index is 14.6. The topological polar surface area (TPSA) is 18.5 Å². The molecule has 0 saturated carbocycles. The zero-order valence-electron chi connectivity index (χ0n) is 18.6. The third kappa shape index (κ3) is 7.34. The van der Waals surface area contributed by atoms with E-state index in [9.17, 15) is 13.2 Å². The maximum Gasteiger partial charge on any atom is 0.201 e. The van der Waals surface area contributed by atoms with Gasteiger partial charge in [-0.3, -0.25) is 0 Å². The van der Waals surface area contributed by atoms with Crippen molar-refractivity contribution in [2.45, 2.75) is 58.8 Å². The molecule has 0 heterocycles. The highest BCUT2D eigenvalue weighted by molar-refractivity contribution is 5.66. The predicted molar refractivity (Wildman–Crippen MR) is 120 cm³/mol. The molecule has 0 N–H and O–H groups in total. The van der Waals surface area contributed by atoms with Crippen LogP contribution in [-0.2, 0) is 0 Å². The average molecular weight is 435 g/mol. The zero-order chi connectivity index (χ0) is 22.6. The highest BCUT2D eigenvalue weighted by atomic mass is 19.2. The van der Waals surface area contributed by atoms with Gasteiger partial charge in [0, 0.05) is 17.2 Å². The Morgan fingerprint density at radius 3 is 2.32 bits per heavy atom. The van der Waals surface area contributed by atoms with Crippen LogP contribution in [0.4, 0.5) is 13.2 Å². The second-order valence-corrected chi connectivity index (χ2v) is 7.69. The quantitative estimate of drug-likeness (QED) is 0.221. The van der Waals surface area contributed by atoms with Crippen LogP contribution < -0.4 is 9.47 Å². The molecule has 0 radical (unpaired) electrons. The molecule has 2 aromatic rings. The number of allylic oxidation sites excluding steroid dienone is 1. The van der Waals surface area contributed by atoms with Crippen LogP contribution in [0, 0.1) is 23.4 Å². The molecular weight excluding hydrogens is 401 g/mol. The third-order valence-corrected chi connectivity index (χ3v) is 5.32. The SMILES string of the molecule is C=CCC(CCCC)CCCCOc1ccc(-c2ccc(OCC)c(F)c2F)c(F)c1. The van der Waals surface area contributed by atoms with E-state index >= 15 is 0 Å². The monoisotopic (exact) mass is 434 g/mol. The van der Waals surface area contributed by atoms with Gasteiger partial charge in [-0.05, 0) is 56.4 Å². The number of rotatable bonds is 14. The van der Waals surface area contributed by atoms with Crippen molar-refractivity contribution in [3.63, 3.8) is 0 Å². The van der Waals surface area contributed by atoms with E-state index < -0.39 is 17.5 Å². The Balaban J connectivity index is 1.92. The Hall–Kier alpha value is -2.43. The van der Waals surface area contributed by atoms with Crippen molar-refractivity contribution in [3.05, 3.63) is 60.4 Å². The molecule has 1 unspecified atom stereocenters. The number of ether oxygens (including phenoxy) is 2. The summed E-state index contributed by atoms with van der Waals surface area (Å²) in [5.74, 6) is -2.05. The summed E-state index contributed by atoms with van der Waals surface area (Å²) in [6.07, 6.45) is 9.73. The van der Waals surface area contributed by atoms with Crippen LogP contribution >= 0.6 is 0 Å². The Bertz CT molecular complexity index is 836. The van der Waals surface area contributed by atoms with Gasteiger partial charge in [-0.1, -0.05) is 38.7 Å². The summed E-state index contributed by atoms with van der Waals surface area (Å²) in [5.41, 5.74) is -0.166. The van der Waals surface area contributed by atoms with Gasteiger partial charge < -0.3 is 9.47 Å². The molecule has 0 aliphatic carbocycles. The second-order valence-electron chi connectivity index (χ2n) is 7.69. The molecule has 31 heavy (non-hydrogen) atoms. The fourth-order valence-electron chi connectivity index (χ4n) is 3.64. The van der Waals surface area contributed by atoms with E-state index in [2.05, 4.69) is 13.5 Å². The van der Waals surface area contributed by atoms with Crippen molar-refractivity contribution in [2.75, 3.05) is 13.2 Å². The lowest BCUT2D eigenvalue weighted by atomic mass is 9.93. The first-order valence-electron chi connectivity index (χ1n) is 11.2. The van der Waals surface area contributed by atoms with E-state index in [0.29, 0.717) is 18.3 Å². The Labute approximate surface area is 184 Å². The summed E-state index contributed by atoms with van der Waals surface area (Å²) in [5, 5.41) is 0. The molecule has 2 rings (SSSR count). The van der Waals surface area contributed by atoms with E-state index in [1.807, 2.05) is 6.08 Å². The minimum Gasteiger partial charge on any atom is -0.493 e. The number of hydrogen-bond acceptors (Lipinski definition) is 2. The summed E-state index contributed by atoms with van der Waals surface area (Å²) < 4.78 is 53.7. The van der Waals surface area contributed by atoms with Crippen LogP contribution in [0.3, 0.4) is 0 Å². The molecule has 1 atom stereocenters. The van der Waals surface area contributed by atoms with Crippen molar-refractivity contribution in [1.29, 1.82) is 0 Å². The Morgan fingerprint density at radius 1 is 0.903 bits per heavy atom. The minimum atomic E-state index is -1.13. The highest BCUT2D eigenvalue weighted by Gasteiger charge is 2.18. The van der Waals surface area contributed by atoms with Gasteiger partial charge in [0.15, 0.2) is 11.6 Å². The van der Waals surface area contributed by atoms with Gasteiger partial charge in [-0.2, -0.15) is 4.39 Å². The van der Waals surface area contributed by atoms with Crippen LogP contribution in [-0.4, -0.2) is 13.2 Å². The largest absolute Gasteiger partial charge is 0.493 e. The van der Waals surface area contributed by atoms with Crippen LogP contribution in [0.15, 0.2) is 43.0 Å². The number of halogens is 3. The lowest BCUT2D eigenvalue weighted by Gasteiger charge is -2.15. The van der Waals surface area contributed by atoms with Crippen molar-refractivity contribution in [3.8, 4) is 22.6 Å². The van der Waals surface area contributed by atoms with Crippen LogP contribution in [0.1, 0.15) is 58.8 Å². The molecule has 5 heteroatoms. The first kappa shape index (κ1) is 24.8. The van der Waals surface area contributed by atoms with Gasteiger partial charge in [0.05, 0.1) is 13.2 Å². The predicted octanol–water partition coefficient (Wildman–Crippen LogP) is 8.10.